The van der Waals surface area contributed by atoms with Crippen molar-refractivity contribution in [3.8, 4) is 0 Å². The Morgan fingerprint density at radius 1 is 1.47 bits per heavy atom. The van der Waals surface area contributed by atoms with Gasteiger partial charge in [-0.15, -0.1) is 11.3 Å². The van der Waals surface area contributed by atoms with Gasteiger partial charge in [0.25, 0.3) is 0 Å². The van der Waals surface area contributed by atoms with Crippen molar-refractivity contribution in [2.24, 2.45) is 11.7 Å². The summed E-state index contributed by atoms with van der Waals surface area (Å²) in [5, 5.41) is 0. The molecule has 0 aliphatic heterocycles. The van der Waals surface area contributed by atoms with Gasteiger partial charge in [0.15, 0.2) is 0 Å². The van der Waals surface area contributed by atoms with Gasteiger partial charge in [-0.2, -0.15) is 0 Å². The summed E-state index contributed by atoms with van der Waals surface area (Å²) in [6.45, 7) is 6.91. The monoisotopic (exact) mass is 282 g/mol. The second kappa shape index (κ2) is 6.84. The Morgan fingerprint density at radius 3 is 2.74 bits per heavy atom. The summed E-state index contributed by atoms with van der Waals surface area (Å²) in [6.07, 6.45) is 2.71. The van der Waals surface area contributed by atoms with Crippen LogP contribution in [0.5, 0.6) is 0 Å². The van der Waals surface area contributed by atoms with E-state index in [4.69, 9.17) is 10.5 Å². The van der Waals surface area contributed by atoms with Gasteiger partial charge < -0.3 is 10.5 Å². The molecule has 2 atom stereocenters. The van der Waals surface area contributed by atoms with Crippen LogP contribution in [0.2, 0.25) is 0 Å². The highest BCUT2D eigenvalue weighted by molar-refractivity contribution is 7.12. The Labute approximate surface area is 120 Å². The molecule has 1 aromatic heterocycles. The minimum Gasteiger partial charge on any atom is -0.380 e. The number of ether oxygens (including phenoxy) is 1. The number of thiophene rings is 1. The molecular formula is C15H26N2OS. The minimum absolute atomic E-state index is 0.131. The van der Waals surface area contributed by atoms with E-state index in [0.717, 1.165) is 25.7 Å². The van der Waals surface area contributed by atoms with E-state index in [1.54, 1.807) is 0 Å². The van der Waals surface area contributed by atoms with Crippen LogP contribution in [0, 0.1) is 12.8 Å². The lowest BCUT2D eigenvalue weighted by Gasteiger charge is -2.30. The molecule has 2 unspecified atom stereocenters. The predicted octanol–water partition coefficient (Wildman–Crippen LogP) is 2.80. The van der Waals surface area contributed by atoms with E-state index >= 15 is 0 Å². The maximum Gasteiger partial charge on any atom is 0.0593 e. The van der Waals surface area contributed by atoms with Gasteiger partial charge in [-0.25, -0.2) is 0 Å². The molecule has 4 heteroatoms. The summed E-state index contributed by atoms with van der Waals surface area (Å²) in [7, 11) is 2.14. The van der Waals surface area contributed by atoms with E-state index in [0.29, 0.717) is 6.04 Å². The number of nitrogens with zero attached hydrogens (tertiary/aromatic N) is 1. The molecule has 108 valence electrons. The average molecular weight is 282 g/mol. The Balaban J connectivity index is 1.83. The molecule has 1 aromatic rings. The zero-order valence-electron chi connectivity index (χ0n) is 12.3. The van der Waals surface area contributed by atoms with Crippen LogP contribution in [0.25, 0.3) is 0 Å². The van der Waals surface area contributed by atoms with Gasteiger partial charge >= 0.3 is 0 Å². The first kappa shape index (κ1) is 15.0. The average Bonchev–Trinajstić information content (AvgIpc) is 3.07. The highest BCUT2D eigenvalue weighted by Gasteiger charge is 2.23. The minimum atomic E-state index is 0.131. The molecule has 1 aliphatic rings. The number of rotatable bonds is 8. The molecular weight excluding hydrogens is 256 g/mol. The SMILES string of the molecule is Cc1ccc(C(C(C)N)N(C)CCOCC2CC2)s1. The zero-order valence-corrected chi connectivity index (χ0v) is 13.1. The fourth-order valence-corrected chi connectivity index (χ4v) is 3.53. The Morgan fingerprint density at radius 2 is 2.21 bits per heavy atom. The summed E-state index contributed by atoms with van der Waals surface area (Å²) in [5.41, 5.74) is 6.17. The number of hydrogen-bond acceptors (Lipinski definition) is 4. The van der Waals surface area contributed by atoms with Crippen LogP contribution in [-0.4, -0.2) is 37.7 Å². The molecule has 19 heavy (non-hydrogen) atoms. The summed E-state index contributed by atoms with van der Waals surface area (Å²) >= 11 is 1.84. The third-order valence-electron chi connectivity index (χ3n) is 3.66. The molecule has 1 heterocycles. The summed E-state index contributed by atoms with van der Waals surface area (Å²) in [4.78, 5) is 5.03. The first-order chi connectivity index (χ1) is 9.08. The Kier molecular flexibility index (Phi) is 5.39. The van der Waals surface area contributed by atoms with E-state index in [1.165, 1.54) is 22.6 Å². The van der Waals surface area contributed by atoms with Gasteiger partial charge in [0.1, 0.15) is 0 Å². The fourth-order valence-electron chi connectivity index (χ4n) is 2.37. The number of nitrogens with two attached hydrogens (primary N) is 1. The van der Waals surface area contributed by atoms with Crippen molar-refractivity contribution in [2.75, 3.05) is 26.8 Å². The molecule has 2 N–H and O–H groups in total. The number of likely N-dealkylation sites (N-methyl/N-ethyl adjacent to an activating group) is 1. The highest BCUT2D eigenvalue weighted by Crippen LogP contribution is 2.30. The lowest BCUT2D eigenvalue weighted by molar-refractivity contribution is 0.0882. The van der Waals surface area contributed by atoms with E-state index < -0.39 is 0 Å². The topological polar surface area (TPSA) is 38.5 Å². The normalized spacial score (nSPS) is 18.8. The van der Waals surface area contributed by atoms with Crippen molar-refractivity contribution in [1.82, 2.24) is 4.90 Å². The van der Waals surface area contributed by atoms with Gasteiger partial charge in [0, 0.05) is 28.9 Å². The van der Waals surface area contributed by atoms with Crippen LogP contribution in [0.3, 0.4) is 0 Å². The van der Waals surface area contributed by atoms with Gasteiger partial charge in [-0.1, -0.05) is 0 Å². The third kappa shape index (κ3) is 4.56. The second-order valence-corrected chi connectivity index (χ2v) is 7.07. The van der Waals surface area contributed by atoms with Crippen molar-refractivity contribution in [1.29, 1.82) is 0 Å². The van der Waals surface area contributed by atoms with E-state index in [9.17, 15) is 0 Å². The van der Waals surface area contributed by atoms with Gasteiger partial charge in [0.2, 0.25) is 0 Å². The van der Waals surface area contributed by atoms with Gasteiger partial charge in [0.05, 0.1) is 12.6 Å². The summed E-state index contributed by atoms with van der Waals surface area (Å²) in [6, 6.07) is 4.80. The zero-order chi connectivity index (χ0) is 13.8. The van der Waals surface area contributed by atoms with Crippen molar-refractivity contribution in [2.45, 2.75) is 38.8 Å². The lowest BCUT2D eigenvalue weighted by atomic mass is 10.1. The molecule has 0 spiro atoms. The van der Waals surface area contributed by atoms with E-state index in [2.05, 4.69) is 37.9 Å². The largest absolute Gasteiger partial charge is 0.380 e. The van der Waals surface area contributed by atoms with Gasteiger partial charge in [-0.05, 0) is 51.8 Å². The van der Waals surface area contributed by atoms with Crippen molar-refractivity contribution in [3.63, 3.8) is 0 Å². The fraction of sp³-hybridized carbons (Fsp3) is 0.733. The molecule has 0 radical (unpaired) electrons. The van der Waals surface area contributed by atoms with Crippen LogP contribution in [0.4, 0.5) is 0 Å². The molecule has 1 saturated carbocycles. The van der Waals surface area contributed by atoms with Crippen LogP contribution < -0.4 is 5.73 Å². The van der Waals surface area contributed by atoms with Crippen LogP contribution in [0.1, 0.15) is 35.6 Å². The summed E-state index contributed by atoms with van der Waals surface area (Å²) in [5.74, 6) is 0.842. The third-order valence-corrected chi connectivity index (χ3v) is 4.74. The first-order valence-corrected chi connectivity index (χ1v) is 7.99. The lowest BCUT2D eigenvalue weighted by Crippen LogP contribution is -2.38. The standard InChI is InChI=1S/C15H26N2OS/c1-11-4-7-14(19-11)15(12(2)16)17(3)8-9-18-10-13-5-6-13/h4,7,12-13,15H,5-6,8-10,16H2,1-3H3. The van der Waals surface area contributed by atoms with Gasteiger partial charge in [-0.3, -0.25) is 4.90 Å². The highest BCUT2D eigenvalue weighted by atomic mass is 32.1. The molecule has 3 nitrogen and oxygen atoms in total. The van der Waals surface area contributed by atoms with E-state index in [1.807, 2.05) is 11.3 Å². The summed E-state index contributed by atoms with van der Waals surface area (Å²) < 4.78 is 5.72. The molecule has 0 bridgehead atoms. The maximum atomic E-state index is 6.17. The van der Waals surface area contributed by atoms with Crippen molar-refractivity contribution < 1.29 is 4.74 Å². The van der Waals surface area contributed by atoms with Crippen LogP contribution >= 0.6 is 11.3 Å². The smallest absolute Gasteiger partial charge is 0.0593 e. The van der Waals surface area contributed by atoms with Crippen molar-refractivity contribution in [3.05, 3.63) is 21.9 Å². The molecule has 0 aromatic carbocycles. The van der Waals surface area contributed by atoms with Crippen LogP contribution in [0.15, 0.2) is 12.1 Å². The Bertz CT molecular complexity index is 387. The van der Waals surface area contributed by atoms with Crippen LogP contribution in [-0.2, 0) is 4.74 Å². The molecule has 0 amide bonds. The Hall–Kier alpha value is -0.420. The number of aryl methyl sites for hydroxylation is 1. The molecule has 2 rings (SSSR count). The van der Waals surface area contributed by atoms with Crippen molar-refractivity contribution >= 4 is 11.3 Å². The second-order valence-electron chi connectivity index (χ2n) is 5.75. The quantitative estimate of drug-likeness (QED) is 0.745. The molecule has 0 saturated heterocycles. The molecule has 1 aliphatic carbocycles. The predicted molar refractivity (Wildman–Crippen MR) is 81.6 cm³/mol. The van der Waals surface area contributed by atoms with E-state index in [-0.39, 0.29) is 6.04 Å². The molecule has 1 fully saturated rings. The maximum absolute atomic E-state index is 6.17. The number of hydrogen-bond donors (Lipinski definition) is 1. The first-order valence-electron chi connectivity index (χ1n) is 7.18.